The van der Waals surface area contributed by atoms with Crippen molar-refractivity contribution in [2.24, 2.45) is 4.99 Å². The number of benzene rings is 2. The van der Waals surface area contributed by atoms with E-state index in [0.29, 0.717) is 35.2 Å². The van der Waals surface area contributed by atoms with Gasteiger partial charge in [0.15, 0.2) is 5.17 Å². The van der Waals surface area contributed by atoms with E-state index in [1.165, 1.54) is 17.3 Å². The molecule has 0 unspecified atom stereocenters. The van der Waals surface area contributed by atoms with Crippen molar-refractivity contribution in [2.75, 3.05) is 26.0 Å². The summed E-state index contributed by atoms with van der Waals surface area (Å²) < 4.78 is 5.24. The Balaban J connectivity index is 1.73. The molecule has 7 nitrogen and oxygen atoms in total. The fourth-order valence-electron chi connectivity index (χ4n) is 4.38. The van der Waals surface area contributed by atoms with Crippen LogP contribution in [0.5, 0.6) is 5.75 Å². The summed E-state index contributed by atoms with van der Waals surface area (Å²) in [5.41, 5.74) is 4.93. The average Bonchev–Trinajstić information content (AvgIpc) is 3.29. The quantitative estimate of drug-likeness (QED) is 0.471. The highest BCUT2D eigenvalue weighted by molar-refractivity contribution is 8.16. The smallest absolute Gasteiger partial charge is 0.255 e. The van der Waals surface area contributed by atoms with Crippen LogP contribution in [0.2, 0.25) is 0 Å². The Labute approximate surface area is 223 Å². The Morgan fingerprint density at radius 2 is 1.81 bits per heavy atom. The van der Waals surface area contributed by atoms with E-state index in [4.69, 9.17) is 9.73 Å². The van der Waals surface area contributed by atoms with E-state index in [1.54, 1.807) is 19.1 Å². The van der Waals surface area contributed by atoms with Gasteiger partial charge in [-0.3, -0.25) is 9.59 Å². The Morgan fingerprint density at radius 1 is 1.14 bits per heavy atom. The molecular weight excluding hydrogens is 484 g/mol. The Kier molecular flexibility index (Phi) is 8.07. The number of fused-ring (bicyclic) bond motifs is 1. The number of anilines is 1. The Hall–Kier alpha value is -3.52. The Bertz CT molecular complexity index is 1260. The lowest BCUT2D eigenvalue weighted by Crippen LogP contribution is -2.39. The van der Waals surface area contributed by atoms with Crippen LogP contribution in [0.4, 0.5) is 5.69 Å². The molecule has 2 aliphatic rings. The van der Waals surface area contributed by atoms with E-state index in [-0.39, 0.29) is 18.2 Å². The van der Waals surface area contributed by atoms with Crippen molar-refractivity contribution in [1.29, 1.82) is 0 Å². The van der Waals surface area contributed by atoms with Gasteiger partial charge in [0, 0.05) is 25.0 Å². The third-order valence-electron chi connectivity index (χ3n) is 6.74. The van der Waals surface area contributed by atoms with Crippen molar-refractivity contribution in [3.05, 3.63) is 82.0 Å². The molecule has 2 heterocycles. The molecular formula is C29H34N4O3S. The van der Waals surface area contributed by atoms with E-state index in [2.05, 4.69) is 43.4 Å². The molecule has 0 fully saturated rings. The van der Waals surface area contributed by atoms with E-state index in [0.717, 1.165) is 16.4 Å². The van der Waals surface area contributed by atoms with Gasteiger partial charge in [-0.2, -0.15) is 0 Å². The number of amidine groups is 1. The van der Waals surface area contributed by atoms with E-state index >= 15 is 0 Å². The van der Waals surface area contributed by atoms with Gasteiger partial charge in [0.1, 0.15) is 5.75 Å². The summed E-state index contributed by atoms with van der Waals surface area (Å²) >= 11 is 1.49. The van der Waals surface area contributed by atoms with Gasteiger partial charge in [-0.25, -0.2) is 4.99 Å². The number of amides is 2. The number of nitrogens with zero attached hydrogens (tertiary/aromatic N) is 3. The minimum Gasteiger partial charge on any atom is -0.497 e. The zero-order valence-electron chi connectivity index (χ0n) is 22.2. The molecule has 2 aromatic carbocycles. The lowest BCUT2D eigenvalue weighted by atomic mass is 9.91. The Morgan fingerprint density at radius 3 is 2.41 bits per heavy atom. The molecule has 2 aliphatic heterocycles. The summed E-state index contributed by atoms with van der Waals surface area (Å²) in [4.78, 5) is 35.2. The molecule has 37 heavy (non-hydrogen) atoms. The van der Waals surface area contributed by atoms with Crippen LogP contribution in [0.25, 0.3) is 0 Å². The van der Waals surface area contributed by atoms with E-state index in [9.17, 15) is 9.59 Å². The molecule has 2 amide bonds. The van der Waals surface area contributed by atoms with Crippen LogP contribution >= 0.6 is 11.8 Å². The standard InChI is InChI=1S/C29H34N4O3S/c1-7-32(5)25(34)16-23-17-37-29-30-19(4)26(28(35)31-22-12-14-24(36-6)15-13-22)27(33(23)29)21-10-8-20(9-11-21)18(2)3/h8-15,17-18,27H,7,16H2,1-6H3,(H,31,35)/t27-/m1/s1. The van der Waals surface area contributed by atoms with Crippen molar-refractivity contribution in [3.63, 3.8) is 0 Å². The second kappa shape index (κ2) is 11.3. The second-order valence-electron chi connectivity index (χ2n) is 9.48. The zero-order chi connectivity index (χ0) is 26.7. The first-order valence-corrected chi connectivity index (χ1v) is 13.3. The predicted octanol–water partition coefficient (Wildman–Crippen LogP) is 5.90. The first-order valence-electron chi connectivity index (χ1n) is 12.5. The van der Waals surface area contributed by atoms with Gasteiger partial charge < -0.3 is 19.9 Å². The minimum atomic E-state index is -0.409. The van der Waals surface area contributed by atoms with Gasteiger partial charge in [0.25, 0.3) is 5.91 Å². The summed E-state index contributed by atoms with van der Waals surface area (Å²) in [6.45, 7) is 8.78. The van der Waals surface area contributed by atoms with Gasteiger partial charge in [-0.1, -0.05) is 49.9 Å². The number of rotatable bonds is 8. The van der Waals surface area contributed by atoms with Crippen molar-refractivity contribution < 1.29 is 14.3 Å². The van der Waals surface area contributed by atoms with Crippen LogP contribution in [-0.2, 0) is 9.59 Å². The van der Waals surface area contributed by atoms with E-state index < -0.39 is 6.04 Å². The second-order valence-corrected chi connectivity index (χ2v) is 10.3. The summed E-state index contributed by atoms with van der Waals surface area (Å²) in [5.74, 6) is 0.915. The summed E-state index contributed by atoms with van der Waals surface area (Å²) in [6, 6.07) is 15.2. The number of ether oxygens (including phenoxy) is 1. The third-order valence-corrected chi connectivity index (χ3v) is 7.63. The number of methoxy groups -OCH3 is 1. The monoisotopic (exact) mass is 518 g/mol. The number of hydrogen-bond donors (Lipinski definition) is 1. The normalized spacial score (nSPS) is 16.8. The first kappa shape index (κ1) is 26.5. The minimum absolute atomic E-state index is 0.0278. The topological polar surface area (TPSA) is 74.2 Å². The highest BCUT2D eigenvalue weighted by Gasteiger charge is 2.40. The lowest BCUT2D eigenvalue weighted by Gasteiger charge is -2.37. The fourth-order valence-corrected chi connectivity index (χ4v) is 5.34. The van der Waals surface area contributed by atoms with Crippen LogP contribution in [-0.4, -0.2) is 47.5 Å². The number of carbonyl (C=O) groups is 2. The molecule has 194 valence electrons. The summed E-state index contributed by atoms with van der Waals surface area (Å²) in [7, 11) is 3.41. The zero-order valence-corrected chi connectivity index (χ0v) is 23.1. The lowest BCUT2D eigenvalue weighted by molar-refractivity contribution is -0.129. The molecule has 2 aromatic rings. The van der Waals surface area contributed by atoms with Crippen LogP contribution in [0, 0.1) is 0 Å². The number of aliphatic imine (C=N–C) groups is 1. The summed E-state index contributed by atoms with van der Waals surface area (Å²) in [5, 5.41) is 5.79. The molecule has 0 bridgehead atoms. The highest BCUT2D eigenvalue weighted by atomic mass is 32.2. The average molecular weight is 519 g/mol. The molecule has 0 aliphatic carbocycles. The summed E-state index contributed by atoms with van der Waals surface area (Å²) in [6.07, 6.45) is 0.239. The number of allylic oxidation sites excluding steroid dienone is 1. The van der Waals surface area contributed by atoms with Crippen LogP contribution in [0.15, 0.2) is 75.9 Å². The van der Waals surface area contributed by atoms with Crippen molar-refractivity contribution in [2.45, 2.75) is 46.1 Å². The maximum absolute atomic E-state index is 13.8. The number of thioether (sulfide) groups is 1. The molecule has 1 atom stereocenters. The third kappa shape index (κ3) is 5.59. The molecule has 8 heteroatoms. The van der Waals surface area contributed by atoms with E-state index in [1.807, 2.05) is 48.4 Å². The van der Waals surface area contributed by atoms with Crippen LogP contribution in [0.3, 0.4) is 0 Å². The maximum atomic E-state index is 13.8. The molecule has 0 saturated carbocycles. The molecule has 0 saturated heterocycles. The molecule has 0 aromatic heterocycles. The van der Waals surface area contributed by atoms with Gasteiger partial charge >= 0.3 is 0 Å². The van der Waals surface area contributed by atoms with Gasteiger partial charge in [-0.15, -0.1) is 0 Å². The number of nitrogens with one attached hydrogen (secondary N) is 1. The maximum Gasteiger partial charge on any atom is 0.255 e. The van der Waals surface area contributed by atoms with Crippen molar-refractivity contribution in [3.8, 4) is 5.75 Å². The number of hydrogen-bond acceptors (Lipinski definition) is 6. The van der Waals surface area contributed by atoms with Crippen molar-refractivity contribution >= 4 is 34.4 Å². The molecule has 4 rings (SSSR count). The molecule has 0 spiro atoms. The number of carbonyl (C=O) groups excluding carboxylic acids is 2. The first-order chi connectivity index (χ1) is 17.7. The largest absolute Gasteiger partial charge is 0.497 e. The predicted molar refractivity (Wildman–Crippen MR) is 150 cm³/mol. The SMILES string of the molecule is CCN(C)C(=O)CC1=CSC2=NC(C)=C(C(=O)Nc3ccc(OC)cc3)[C@@H](c3ccc(C(C)C)cc3)N12. The molecule has 0 radical (unpaired) electrons. The fraction of sp³-hybridized carbons (Fsp3) is 0.345. The molecule has 1 N–H and O–H groups in total. The highest BCUT2D eigenvalue weighted by Crippen LogP contribution is 2.45. The van der Waals surface area contributed by atoms with Crippen LogP contribution < -0.4 is 10.1 Å². The van der Waals surface area contributed by atoms with Gasteiger partial charge in [-0.05, 0) is 60.6 Å². The van der Waals surface area contributed by atoms with Gasteiger partial charge in [0.2, 0.25) is 5.91 Å². The van der Waals surface area contributed by atoms with Crippen LogP contribution in [0.1, 0.15) is 57.2 Å². The van der Waals surface area contributed by atoms with Gasteiger partial charge in [0.05, 0.1) is 30.8 Å². The van der Waals surface area contributed by atoms with Crippen molar-refractivity contribution in [1.82, 2.24) is 9.80 Å².